The van der Waals surface area contributed by atoms with Crippen LogP contribution < -0.4 is 15.6 Å². The van der Waals surface area contributed by atoms with E-state index in [4.69, 9.17) is 0 Å². The Labute approximate surface area is 117 Å². The van der Waals surface area contributed by atoms with E-state index in [9.17, 15) is 9.59 Å². The third kappa shape index (κ3) is 3.06. The standard InChI is InChI=1S/C15H17N3O2/c1-10-8-14(19)13(9-16-10)15(20)17-11-4-6-12(7-5-11)18(2)3/h4-9H,1-3H3,(H,16,19)(H,17,20). The average Bonchev–Trinajstić information content (AvgIpc) is 2.39. The molecule has 5 heteroatoms. The monoisotopic (exact) mass is 271 g/mol. The van der Waals surface area contributed by atoms with Gasteiger partial charge in [0, 0.05) is 43.4 Å². The summed E-state index contributed by atoms with van der Waals surface area (Å²) < 4.78 is 0. The Morgan fingerprint density at radius 2 is 1.85 bits per heavy atom. The highest BCUT2D eigenvalue weighted by atomic mass is 16.2. The first-order valence-corrected chi connectivity index (χ1v) is 6.25. The molecule has 0 bridgehead atoms. The molecule has 2 rings (SSSR count). The first-order chi connectivity index (χ1) is 9.47. The number of pyridine rings is 1. The molecular formula is C15H17N3O2. The molecule has 0 fully saturated rings. The zero-order chi connectivity index (χ0) is 14.7. The van der Waals surface area contributed by atoms with Gasteiger partial charge >= 0.3 is 0 Å². The van der Waals surface area contributed by atoms with E-state index in [1.54, 1.807) is 19.1 Å². The average molecular weight is 271 g/mol. The molecule has 1 aromatic heterocycles. The maximum Gasteiger partial charge on any atom is 0.261 e. The molecule has 1 heterocycles. The lowest BCUT2D eigenvalue weighted by Gasteiger charge is -2.13. The molecule has 0 saturated carbocycles. The van der Waals surface area contributed by atoms with Crippen LogP contribution in [0.5, 0.6) is 0 Å². The summed E-state index contributed by atoms with van der Waals surface area (Å²) >= 11 is 0. The first-order valence-electron chi connectivity index (χ1n) is 6.25. The maximum absolute atomic E-state index is 12.0. The van der Waals surface area contributed by atoms with Crippen molar-refractivity contribution < 1.29 is 4.79 Å². The Kier molecular flexibility index (Phi) is 3.89. The summed E-state index contributed by atoms with van der Waals surface area (Å²) in [5, 5.41) is 2.71. The second-order valence-corrected chi connectivity index (χ2v) is 4.79. The van der Waals surface area contributed by atoms with Crippen molar-refractivity contribution in [3.63, 3.8) is 0 Å². The molecule has 0 saturated heterocycles. The topological polar surface area (TPSA) is 65.2 Å². The predicted molar refractivity (Wildman–Crippen MR) is 80.5 cm³/mol. The normalized spacial score (nSPS) is 10.2. The van der Waals surface area contributed by atoms with E-state index in [1.165, 1.54) is 12.3 Å². The highest BCUT2D eigenvalue weighted by molar-refractivity contribution is 6.04. The van der Waals surface area contributed by atoms with Gasteiger partial charge in [0.15, 0.2) is 5.43 Å². The van der Waals surface area contributed by atoms with Crippen molar-refractivity contribution in [2.75, 3.05) is 24.3 Å². The van der Waals surface area contributed by atoms with Gasteiger partial charge in [0.2, 0.25) is 0 Å². The van der Waals surface area contributed by atoms with E-state index in [1.807, 2.05) is 31.1 Å². The molecule has 0 spiro atoms. The minimum atomic E-state index is -0.413. The van der Waals surface area contributed by atoms with Crippen molar-refractivity contribution in [2.45, 2.75) is 6.92 Å². The maximum atomic E-state index is 12.0. The summed E-state index contributed by atoms with van der Waals surface area (Å²) in [4.78, 5) is 28.6. The predicted octanol–water partition coefficient (Wildman–Crippen LogP) is 2.00. The number of rotatable bonds is 3. The van der Waals surface area contributed by atoms with Crippen molar-refractivity contribution in [3.8, 4) is 0 Å². The summed E-state index contributed by atoms with van der Waals surface area (Å²) in [6.45, 7) is 1.77. The van der Waals surface area contributed by atoms with Gasteiger partial charge in [-0.2, -0.15) is 0 Å². The fourth-order valence-corrected chi connectivity index (χ4v) is 1.79. The lowest BCUT2D eigenvalue weighted by Crippen LogP contribution is -2.21. The van der Waals surface area contributed by atoms with Crippen LogP contribution in [0.15, 0.2) is 41.3 Å². The summed E-state index contributed by atoms with van der Waals surface area (Å²) in [5.74, 6) is -0.413. The number of anilines is 2. The van der Waals surface area contributed by atoms with Crippen LogP contribution >= 0.6 is 0 Å². The van der Waals surface area contributed by atoms with E-state index in [0.29, 0.717) is 5.69 Å². The second kappa shape index (κ2) is 5.61. The number of hydrogen-bond acceptors (Lipinski definition) is 3. The molecule has 0 aliphatic heterocycles. The van der Waals surface area contributed by atoms with Crippen molar-refractivity contribution >= 4 is 17.3 Å². The molecule has 1 aromatic carbocycles. The number of carbonyl (C=O) groups is 1. The van der Waals surface area contributed by atoms with Crippen molar-refractivity contribution in [1.82, 2.24) is 4.98 Å². The Morgan fingerprint density at radius 1 is 1.20 bits per heavy atom. The summed E-state index contributed by atoms with van der Waals surface area (Å²) in [6.07, 6.45) is 1.43. The molecule has 0 radical (unpaired) electrons. The summed E-state index contributed by atoms with van der Waals surface area (Å²) in [5.41, 5.74) is 2.23. The van der Waals surface area contributed by atoms with Gasteiger partial charge in [-0.3, -0.25) is 9.59 Å². The van der Waals surface area contributed by atoms with Crippen molar-refractivity contribution in [3.05, 3.63) is 58.0 Å². The summed E-state index contributed by atoms with van der Waals surface area (Å²) in [6, 6.07) is 8.80. The van der Waals surface area contributed by atoms with Gasteiger partial charge in [-0.05, 0) is 31.2 Å². The smallest absolute Gasteiger partial charge is 0.261 e. The van der Waals surface area contributed by atoms with Crippen molar-refractivity contribution in [2.24, 2.45) is 0 Å². The Morgan fingerprint density at radius 3 is 2.40 bits per heavy atom. The third-order valence-corrected chi connectivity index (χ3v) is 2.94. The van der Waals surface area contributed by atoms with Gasteiger partial charge in [0.25, 0.3) is 5.91 Å². The number of carbonyl (C=O) groups excluding carboxylic acids is 1. The molecule has 0 unspecified atom stereocenters. The number of nitrogens with zero attached hydrogens (tertiary/aromatic N) is 1. The van der Waals surface area contributed by atoms with Crippen LogP contribution in [0.25, 0.3) is 0 Å². The fourth-order valence-electron chi connectivity index (χ4n) is 1.79. The Hall–Kier alpha value is -2.56. The van der Waals surface area contributed by atoms with Gasteiger partial charge in [0.1, 0.15) is 5.56 Å². The Bertz CT molecular complexity index is 672. The van der Waals surface area contributed by atoms with Gasteiger partial charge in [0.05, 0.1) is 0 Å². The van der Waals surface area contributed by atoms with Crippen LogP contribution in [0.1, 0.15) is 16.1 Å². The number of H-pyrrole nitrogens is 1. The molecule has 5 nitrogen and oxygen atoms in total. The van der Waals surface area contributed by atoms with Crippen LogP contribution in [-0.2, 0) is 0 Å². The molecule has 1 amide bonds. The highest BCUT2D eigenvalue weighted by Gasteiger charge is 2.10. The van der Waals surface area contributed by atoms with Gasteiger partial charge in [-0.15, -0.1) is 0 Å². The van der Waals surface area contributed by atoms with Gasteiger partial charge < -0.3 is 15.2 Å². The van der Waals surface area contributed by atoms with Crippen LogP contribution in [0.4, 0.5) is 11.4 Å². The number of benzene rings is 1. The SMILES string of the molecule is Cc1cc(=O)c(C(=O)Nc2ccc(N(C)C)cc2)c[nH]1. The molecule has 2 N–H and O–H groups in total. The molecule has 2 aromatic rings. The van der Waals surface area contributed by atoms with Crippen molar-refractivity contribution in [1.29, 1.82) is 0 Å². The van der Waals surface area contributed by atoms with E-state index < -0.39 is 5.91 Å². The molecule has 0 aliphatic rings. The quantitative estimate of drug-likeness (QED) is 0.897. The number of aromatic nitrogens is 1. The lowest BCUT2D eigenvalue weighted by molar-refractivity contribution is 0.102. The number of amides is 1. The van der Waals surface area contributed by atoms with Crippen LogP contribution in [-0.4, -0.2) is 25.0 Å². The van der Waals surface area contributed by atoms with Crippen LogP contribution in [0.2, 0.25) is 0 Å². The molecular weight excluding hydrogens is 254 g/mol. The van der Waals surface area contributed by atoms with Crippen LogP contribution in [0, 0.1) is 6.92 Å². The zero-order valence-corrected chi connectivity index (χ0v) is 11.7. The second-order valence-electron chi connectivity index (χ2n) is 4.79. The number of hydrogen-bond donors (Lipinski definition) is 2. The number of aromatic amines is 1. The van der Waals surface area contributed by atoms with E-state index >= 15 is 0 Å². The minimum absolute atomic E-state index is 0.104. The van der Waals surface area contributed by atoms with E-state index in [0.717, 1.165) is 11.4 Å². The van der Waals surface area contributed by atoms with Gasteiger partial charge in [-0.25, -0.2) is 0 Å². The highest BCUT2D eigenvalue weighted by Crippen LogP contribution is 2.15. The van der Waals surface area contributed by atoms with E-state index in [-0.39, 0.29) is 11.0 Å². The van der Waals surface area contributed by atoms with E-state index in [2.05, 4.69) is 10.3 Å². The van der Waals surface area contributed by atoms with Gasteiger partial charge in [-0.1, -0.05) is 0 Å². The zero-order valence-electron chi connectivity index (χ0n) is 11.7. The number of nitrogens with one attached hydrogen (secondary N) is 2. The molecule has 104 valence electrons. The summed E-state index contributed by atoms with van der Waals surface area (Å²) in [7, 11) is 3.89. The lowest BCUT2D eigenvalue weighted by atomic mass is 10.2. The Balaban J connectivity index is 2.17. The first kappa shape index (κ1) is 13.9. The van der Waals surface area contributed by atoms with Crippen LogP contribution in [0.3, 0.4) is 0 Å². The molecule has 0 atom stereocenters. The number of aryl methyl sites for hydroxylation is 1. The fraction of sp³-hybridized carbons (Fsp3) is 0.200. The molecule has 0 aliphatic carbocycles. The molecule has 20 heavy (non-hydrogen) atoms. The largest absolute Gasteiger partial charge is 0.378 e. The minimum Gasteiger partial charge on any atom is -0.378 e. The third-order valence-electron chi connectivity index (χ3n) is 2.94.